The highest BCUT2D eigenvalue weighted by Gasteiger charge is 2.06. The van der Waals surface area contributed by atoms with Crippen molar-refractivity contribution in [2.24, 2.45) is 0 Å². The molecule has 0 aliphatic carbocycles. The van der Waals surface area contributed by atoms with Crippen molar-refractivity contribution < 1.29 is 9.53 Å². The second kappa shape index (κ2) is 11.4. The van der Waals surface area contributed by atoms with Crippen LogP contribution in [-0.4, -0.2) is 15.9 Å². The van der Waals surface area contributed by atoms with Crippen molar-refractivity contribution in [3.8, 4) is 17.0 Å². The zero-order valence-electron chi connectivity index (χ0n) is 16.0. The molecule has 0 fully saturated rings. The van der Waals surface area contributed by atoms with Crippen molar-refractivity contribution in [2.45, 2.75) is 71.6 Å². The average Bonchev–Trinajstić information content (AvgIpc) is 2.67. The lowest BCUT2D eigenvalue weighted by atomic mass is 10.1. The first-order valence-corrected chi connectivity index (χ1v) is 9.85. The summed E-state index contributed by atoms with van der Waals surface area (Å²) in [5, 5.41) is 0. The van der Waals surface area contributed by atoms with E-state index in [4.69, 9.17) is 4.74 Å². The standard InChI is InChI=1S/C22H30N2O2/c1-3-5-7-8-9-10-19-16-24-21(17-23-19)18-12-14-20(15-13-18)26-22(25)11-6-4-2/h12-17H,3-11H2,1-2H3. The van der Waals surface area contributed by atoms with Crippen LogP contribution in [0.2, 0.25) is 0 Å². The van der Waals surface area contributed by atoms with Crippen molar-refractivity contribution in [1.29, 1.82) is 0 Å². The van der Waals surface area contributed by atoms with E-state index in [9.17, 15) is 4.79 Å². The first-order valence-electron chi connectivity index (χ1n) is 9.85. The van der Waals surface area contributed by atoms with Gasteiger partial charge in [-0.05, 0) is 43.5 Å². The molecule has 140 valence electrons. The number of esters is 1. The van der Waals surface area contributed by atoms with Crippen LogP contribution in [-0.2, 0) is 11.2 Å². The van der Waals surface area contributed by atoms with Gasteiger partial charge in [0, 0.05) is 18.2 Å². The molecule has 0 aliphatic rings. The molecule has 0 saturated heterocycles. The maximum Gasteiger partial charge on any atom is 0.311 e. The molecule has 0 unspecified atom stereocenters. The molecule has 0 N–H and O–H groups in total. The summed E-state index contributed by atoms with van der Waals surface area (Å²) in [6, 6.07) is 7.44. The lowest BCUT2D eigenvalue weighted by Gasteiger charge is -2.06. The monoisotopic (exact) mass is 354 g/mol. The van der Waals surface area contributed by atoms with E-state index in [1.807, 2.05) is 36.7 Å². The van der Waals surface area contributed by atoms with Crippen LogP contribution >= 0.6 is 0 Å². The summed E-state index contributed by atoms with van der Waals surface area (Å²) in [6.07, 6.45) is 13.3. The number of carbonyl (C=O) groups excluding carboxylic acids is 1. The molecule has 1 aromatic heterocycles. The van der Waals surface area contributed by atoms with Crippen LogP contribution < -0.4 is 4.74 Å². The molecule has 0 spiro atoms. The second-order valence-corrected chi connectivity index (χ2v) is 6.66. The summed E-state index contributed by atoms with van der Waals surface area (Å²) in [7, 11) is 0. The van der Waals surface area contributed by atoms with Gasteiger partial charge < -0.3 is 4.74 Å². The molecule has 0 radical (unpaired) electrons. The minimum Gasteiger partial charge on any atom is -0.427 e. The van der Waals surface area contributed by atoms with Gasteiger partial charge in [0.15, 0.2) is 0 Å². The smallest absolute Gasteiger partial charge is 0.311 e. The number of unbranched alkanes of at least 4 members (excludes halogenated alkanes) is 5. The Morgan fingerprint density at radius 3 is 2.27 bits per heavy atom. The Bertz CT molecular complexity index is 651. The zero-order chi connectivity index (χ0) is 18.6. The fourth-order valence-corrected chi connectivity index (χ4v) is 2.74. The van der Waals surface area contributed by atoms with Crippen LogP contribution in [0.25, 0.3) is 11.3 Å². The highest BCUT2D eigenvalue weighted by atomic mass is 16.5. The number of hydrogen-bond acceptors (Lipinski definition) is 4. The largest absolute Gasteiger partial charge is 0.427 e. The maximum absolute atomic E-state index is 11.7. The van der Waals surface area contributed by atoms with Crippen LogP contribution in [0.3, 0.4) is 0 Å². The van der Waals surface area contributed by atoms with E-state index in [1.165, 1.54) is 32.1 Å². The maximum atomic E-state index is 11.7. The Morgan fingerprint density at radius 1 is 0.885 bits per heavy atom. The molecule has 1 aromatic carbocycles. The normalized spacial score (nSPS) is 10.7. The summed E-state index contributed by atoms with van der Waals surface area (Å²) < 4.78 is 5.32. The summed E-state index contributed by atoms with van der Waals surface area (Å²) in [5.41, 5.74) is 2.86. The average molecular weight is 354 g/mol. The van der Waals surface area contributed by atoms with Gasteiger partial charge in [-0.25, -0.2) is 0 Å². The van der Waals surface area contributed by atoms with Gasteiger partial charge in [0.1, 0.15) is 5.75 Å². The number of ether oxygens (including phenoxy) is 1. The molecular formula is C22H30N2O2. The molecular weight excluding hydrogens is 324 g/mol. The van der Waals surface area contributed by atoms with Gasteiger partial charge in [0.25, 0.3) is 0 Å². The Morgan fingerprint density at radius 2 is 1.62 bits per heavy atom. The Hall–Kier alpha value is -2.23. The summed E-state index contributed by atoms with van der Waals surface area (Å²) in [4.78, 5) is 20.7. The quantitative estimate of drug-likeness (QED) is 0.293. The Labute approximate surface area is 157 Å². The van der Waals surface area contributed by atoms with E-state index in [1.54, 1.807) is 0 Å². The first kappa shape index (κ1) is 20.1. The molecule has 0 saturated carbocycles. The fraction of sp³-hybridized carbons (Fsp3) is 0.500. The van der Waals surface area contributed by atoms with E-state index in [0.717, 1.165) is 36.2 Å². The number of hydrogen-bond donors (Lipinski definition) is 0. The molecule has 2 aromatic rings. The fourth-order valence-electron chi connectivity index (χ4n) is 2.74. The van der Waals surface area contributed by atoms with Gasteiger partial charge in [-0.15, -0.1) is 0 Å². The van der Waals surface area contributed by atoms with Gasteiger partial charge in [0.2, 0.25) is 0 Å². The van der Waals surface area contributed by atoms with Crippen molar-refractivity contribution in [1.82, 2.24) is 9.97 Å². The van der Waals surface area contributed by atoms with Crippen LogP contribution in [0, 0.1) is 0 Å². The number of rotatable bonds is 11. The molecule has 2 rings (SSSR count). The van der Waals surface area contributed by atoms with Crippen molar-refractivity contribution in [3.05, 3.63) is 42.4 Å². The number of carbonyl (C=O) groups is 1. The number of aryl methyl sites for hydroxylation is 1. The van der Waals surface area contributed by atoms with Gasteiger partial charge in [-0.1, -0.05) is 46.0 Å². The molecule has 4 nitrogen and oxygen atoms in total. The van der Waals surface area contributed by atoms with Gasteiger partial charge in [-0.2, -0.15) is 0 Å². The van der Waals surface area contributed by atoms with Gasteiger partial charge in [0.05, 0.1) is 17.6 Å². The first-order chi connectivity index (χ1) is 12.7. The van der Waals surface area contributed by atoms with Crippen molar-refractivity contribution >= 4 is 5.97 Å². The third-order valence-corrected chi connectivity index (χ3v) is 4.36. The topological polar surface area (TPSA) is 52.1 Å². The molecule has 4 heteroatoms. The highest BCUT2D eigenvalue weighted by molar-refractivity contribution is 5.72. The van der Waals surface area contributed by atoms with Gasteiger partial charge in [-0.3, -0.25) is 14.8 Å². The SMILES string of the molecule is CCCCCCCc1cnc(-c2ccc(OC(=O)CCCC)cc2)cn1. The third-order valence-electron chi connectivity index (χ3n) is 4.36. The van der Waals surface area contributed by atoms with E-state index in [-0.39, 0.29) is 5.97 Å². The van der Waals surface area contributed by atoms with Crippen LogP contribution in [0.1, 0.15) is 70.9 Å². The van der Waals surface area contributed by atoms with E-state index in [0.29, 0.717) is 12.2 Å². The van der Waals surface area contributed by atoms with Crippen LogP contribution in [0.15, 0.2) is 36.7 Å². The van der Waals surface area contributed by atoms with E-state index < -0.39 is 0 Å². The minimum atomic E-state index is -0.178. The van der Waals surface area contributed by atoms with Crippen LogP contribution in [0.5, 0.6) is 5.75 Å². The van der Waals surface area contributed by atoms with Crippen LogP contribution in [0.4, 0.5) is 0 Å². The molecule has 1 heterocycles. The lowest BCUT2D eigenvalue weighted by molar-refractivity contribution is -0.134. The molecule has 0 bridgehead atoms. The van der Waals surface area contributed by atoms with E-state index >= 15 is 0 Å². The predicted molar refractivity (Wildman–Crippen MR) is 105 cm³/mol. The van der Waals surface area contributed by atoms with E-state index in [2.05, 4.69) is 23.8 Å². The summed E-state index contributed by atoms with van der Waals surface area (Å²) in [5.74, 6) is 0.397. The second-order valence-electron chi connectivity index (χ2n) is 6.66. The lowest BCUT2D eigenvalue weighted by Crippen LogP contribution is -2.07. The summed E-state index contributed by atoms with van der Waals surface area (Å²) >= 11 is 0. The number of benzene rings is 1. The predicted octanol–water partition coefficient (Wildman–Crippen LogP) is 5.75. The van der Waals surface area contributed by atoms with Crippen molar-refractivity contribution in [3.63, 3.8) is 0 Å². The van der Waals surface area contributed by atoms with Gasteiger partial charge >= 0.3 is 5.97 Å². The Balaban J connectivity index is 1.85. The number of nitrogens with zero attached hydrogens (tertiary/aromatic N) is 2. The summed E-state index contributed by atoms with van der Waals surface area (Å²) in [6.45, 7) is 4.29. The number of aromatic nitrogens is 2. The molecule has 0 amide bonds. The molecule has 0 atom stereocenters. The third kappa shape index (κ3) is 6.95. The zero-order valence-corrected chi connectivity index (χ0v) is 16.0. The Kier molecular flexibility index (Phi) is 8.81. The highest BCUT2D eigenvalue weighted by Crippen LogP contribution is 2.21. The molecule has 0 aliphatic heterocycles. The van der Waals surface area contributed by atoms with Crippen molar-refractivity contribution in [2.75, 3.05) is 0 Å². The molecule has 26 heavy (non-hydrogen) atoms. The minimum absolute atomic E-state index is 0.178.